The molecule has 7 heteroatoms. The van der Waals surface area contributed by atoms with E-state index in [-0.39, 0.29) is 17.2 Å². The van der Waals surface area contributed by atoms with E-state index in [2.05, 4.69) is 11.9 Å². The van der Waals surface area contributed by atoms with Gasteiger partial charge in [0.1, 0.15) is 4.83 Å². The fourth-order valence-electron chi connectivity index (χ4n) is 3.31. The zero-order valence-electron chi connectivity index (χ0n) is 17.5. The minimum Gasteiger partial charge on any atom is -0.355 e. The van der Waals surface area contributed by atoms with Crippen LogP contribution in [-0.2, 0) is 17.8 Å². The molecule has 0 aliphatic heterocycles. The van der Waals surface area contributed by atoms with Crippen molar-refractivity contribution in [3.63, 3.8) is 0 Å². The molecular formula is C25H23N3O2S2. The van der Waals surface area contributed by atoms with Crippen molar-refractivity contribution in [1.82, 2.24) is 14.9 Å². The summed E-state index contributed by atoms with van der Waals surface area (Å²) in [6.45, 7) is 4.68. The maximum atomic E-state index is 13.1. The third kappa shape index (κ3) is 5.18. The van der Waals surface area contributed by atoms with Gasteiger partial charge in [0.05, 0.1) is 11.1 Å². The molecule has 0 fully saturated rings. The summed E-state index contributed by atoms with van der Waals surface area (Å²) in [4.78, 5) is 31.9. The number of amides is 1. The molecule has 2 heterocycles. The van der Waals surface area contributed by atoms with Gasteiger partial charge in [0.15, 0.2) is 5.16 Å². The summed E-state index contributed by atoms with van der Waals surface area (Å²) in [5.41, 5.74) is 2.12. The lowest BCUT2D eigenvalue weighted by atomic mass is 10.1. The maximum Gasteiger partial charge on any atom is 0.263 e. The van der Waals surface area contributed by atoms with E-state index in [1.54, 1.807) is 10.6 Å². The van der Waals surface area contributed by atoms with Gasteiger partial charge in [-0.2, -0.15) is 0 Å². The third-order valence-electron chi connectivity index (χ3n) is 4.90. The summed E-state index contributed by atoms with van der Waals surface area (Å²) in [6.07, 6.45) is 2.45. The van der Waals surface area contributed by atoms with Crippen molar-refractivity contribution in [2.45, 2.75) is 18.1 Å². The van der Waals surface area contributed by atoms with Gasteiger partial charge >= 0.3 is 0 Å². The Morgan fingerprint density at radius 1 is 1.12 bits per heavy atom. The second-order valence-electron chi connectivity index (χ2n) is 7.17. The summed E-state index contributed by atoms with van der Waals surface area (Å²) < 4.78 is 1.58. The number of fused-ring (bicyclic) bond motifs is 1. The summed E-state index contributed by atoms with van der Waals surface area (Å²) in [6, 6.07) is 21.9. The first-order chi connectivity index (χ1) is 15.7. The molecule has 1 amide bonds. The van der Waals surface area contributed by atoms with Gasteiger partial charge in [-0.3, -0.25) is 14.2 Å². The highest BCUT2D eigenvalue weighted by Gasteiger charge is 2.16. The Morgan fingerprint density at radius 2 is 1.84 bits per heavy atom. The molecule has 32 heavy (non-hydrogen) atoms. The molecule has 0 saturated heterocycles. The van der Waals surface area contributed by atoms with Crippen molar-refractivity contribution >= 4 is 39.2 Å². The summed E-state index contributed by atoms with van der Waals surface area (Å²) in [7, 11) is 0. The van der Waals surface area contributed by atoms with Crippen LogP contribution >= 0.6 is 23.1 Å². The number of thioether (sulfide) groups is 1. The van der Waals surface area contributed by atoms with E-state index < -0.39 is 0 Å². The molecule has 0 atom stereocenters. The van der Waals surface area contributed by atoms with E-state index in [4.69, 9.17) is 4.98 Å². The Bertz CT molecular complexity index is 1280. The average Bonchev–Trinajstić information content (AvgIpc) is 3.26. The second kappa shape index (κ2) is 10.4. The molecule has 2 aromatic carbocycles. The lowest BCUT2D eigenvalue weighted by molar-refractivity contribution is -0.118. The number of allylic oxidation sites excluding steroid dienone is 1. The highest BCUT2D eigenvalue weighted by molar-refractivity contribution is 7.99. The largest absolute Gasteiger partial charge is 0.355 e. The van der Waals surface area contributed by atoms with Crippen molar-refractivity contribution in [2.24, 2.45) is 0 Å². The molecule has 2 aromatic heterocycles. The van der Waals surface area contributed by atoms with E-state index in [0.717, 1.165) is 16.9 Å². The molecule has 5 nitrogen and oxygen atoms in total. The monoisotopic (exact) mass is 461 g/mol. The molecule has 0 bridgehead atoms. The van der Waals surface area contributed by atoms with Gasteiger partial charge in [0.2, 0.25) is 5.91 Å². The van der Waals surface area contributed by atoms with Crippen molar-refractivity contribution < 1.29 is 4.79 Å². The van der Waals surface area contributed by atoms with Gasteiger partial charge < -0.3 is 5.32 Å². The number of aromatic nitrogens is 2. The Labute approximate surface area is 194 Å². The normalized spacial score (nSPS) is 10.9. The second-order valence-corrected chi connectivity index (χ2v) is 9.14. The zero-order chi connectivity index (χ0) is 22.3. The summed E-state index contributed by atoms with van der Waals surface area (Å²) >= 11 is 2.76. The number of benzene rings is 2. The Hall–Kier alpha value is -3.16. The summed E-state index contributed by atoms with van der Waals surface area (Å²) in [5.74, 6) is 0.113. The highest BCUT2D eigenvalue weighted by Crippen LogP contribution is 2.32. The van der Waals surface area contributed by atoms with Crippen molar-refractivity contribution in [3.8, 4) is 10.4 Å². The van der Waals surface area contributed by atoms with Gasteiger partial charge in [0, 0.05) is 18.0 Å². The van der Waals surface area contributed by atoms with Gasteiger partial charge in [-0.15, -0.1) is 17.9 Å². The highest BCUT2D eigenvalue weighted by atomic mass is 32.2. The molecule has 4 rings (SSSR count). The number of nitrogens with one attached hydrogen (secondary N) is 1. The molecule has 0 spiro atoms. The van der Waals surface area contributed by atoms with Crippen LogP contribution in [0.3, 0.4) is 0 Å². The maximum absolute atomic E-state index is 13.1. The Kier molecular flexibility index (Phi) is 7.19. The van der Waals surface area contributed by atoms with Crippen LogP contribution in [0.25, 0.3) is 20.7 Å². The smallest absolute Gasteiger partial charge is 0.263 e. The molecule has 0 aliphatic rings. The Balaban J connectivity index is 1.49. The van der Waals surface area contributed by atoms with E-state index >= 15 is 0 Å². The fourth-order valence-corrected chi connectivity index (χ4v) is 5.23. The van der Waals surface area contributed by atoms with E-state index in [9.17, 15) is 9.59 Å². The van der Waals surface area contributed by atoms with Crippen LogP contribution < -0.4 is 10.9 Å². The molecule has 162 valence electrons. The number of nitrogens with zero attached hydrogens (tertiary/aromatic N) is 2. The Morgan fingerprint density at radius 3 is 2.56 bits per heavy atom. The van der Waals surface area contributed by atoms with E-state index in [1.807, 2.05) is 66.7 Å². The van der Waals surface area contributed by atoms with Crippen LogP contribution in [0.5, 0.6) is 0 Å². The average molecular weight is 462 g/mol. The van der Waals surface area contributed by atoms with Gasteiger partial charge in [-0.1, -0.05) is 78.5 Å². The van der Waals surface area contributed by atoms with Crippen molar-refractivity contribution in [1.29, 1.82) is 0 Å². The van der Waals surface area contributed by atoms with E-state index in [1.165, 1.54) is 28.7 Å². The predicted molar refractivity (Wildman–Crippen MR) is 133 cm³/mol. The van der Waals surface area contributed by atoms with Gasteiger partial charge in [0.25, 0.3) is 5.56 Å². The van der Waals surface area contributed by atoms with Crippen molar-refractivity contribution in [3.05, 3.63) is 95.3 Å². The number of hydrogen-bond acceptors (Lipinski definition) is 5. The van der Waals surface area contributed by atoms with Crippen LogP contribution in [0.1, 0.15) is 5.56 Å². The van der Waals surface area contributed by atoms with Crippen LogP contribution in [-0.4, -0.2) is 27.8 Å². The SMILES string of the molecule is C=CCn1c(SCC(=O)NCCc2ccccc2)nc2sc(-c3ccccc3)cc2c1=O. The first-order valence-electron chi connectivity index (χ1n) is 10.3. The predicted octanol–water partition coefficient (Wildman–Crippen LogP) is 4.76. The molecule has 4 aromatic rings. The topological polar surface area (TPSA) is 64.0 Å². The number of rotatable bonds is 9. The number of thiophene rings is 1. The first-order valence-corrected chi connectivity index (χ1v) is 12.1. The van der Waals surface area contributed by atoms with Crippen LogP contribution in [0, 0.1) is 0 Å². The number of carbonyl (C=O) groups excluding carboxylic acids is 1. The fraction of sp³-hybridized carbons (Fsp3) is 0.160. The van der Waals surface area contributed by atoms with E-state index in [0.29, 0.717) is 28.5 Å². The number of hydrogen-bond donors (Lipinski definition) is 1. The lowest BCUT2D eigenvalue weighted by Crippen LogP contribution is -2.28. The lowest BCUT2D eigenvalue weighted by Gasteiger charge is -2.10. The van der Waals surface area contributed by atoms with Crippen LogP contribution in [0.2, 0.25) is 0 Å². The standard InChI is InChI=1S/C25H23N3O2S2/c1-2-15-28-24(30)20-16-21(19-11-7-4-8-12-19)32-23(20)27-25(28)31-17-22(29)26-14-13-18-9-5-3-6-10-18/h2-12,16H,1,13-15,17H2,(H,26,29). The van der Waals surface area contributed by atoms with Gasteiger partial charge in [-0.05, 0) is 23.6 Å². The minimum absolute atomic E-state index is 0.0819. The van der Waals surface area contributed by atoms with Gasteiger partial charge in [-0.25, -0.2) is 4.98 Å². The van der Waals surface area contributed by atoms with Crippen LogP contribution in [0.4, 0.5) is 0 Å². The molecular weight excluding hydrogens is 438 g/mol. The molecule has 0 unspecified atom stereocenters. The zero-order valence-corrected chi connectivity index (χ0v) is 19.1. The van der Waals surface area contributed by atoms with Crippen molar-refractivity contribution in [2.75, 3.05) is 12.3 Å². The molecule has 0 radical (unpaired) electrons. The quantitative estimate of drug-likeness (QED) is 0.222. The number of carbonyl (C=O) groups is 1. The van der Waals surface area contributed by atoms with Crippen LogP contribution in [0.15, 0.2) is 89.3 Å². The molecule has 1 N–H and O–H groups in total. The first kappa shape index (κ1) is 22.0. The molecule has 0 saturated carbocycles. The minimum atomic E-state index is -0.111. The molecule has 0 aliphatic carbocycles. The third-order valence-corrected chi connectivity index (χ3v) is 6.95. The summed E-state index contributed by atoms with van der Waals surface area (Å²) in [5, 5.41) is 4.06.